The van der Waals surface area contributed by atoms with Crippen LogP contribution in [0.3, 0.4) is 0 Å². The number of aliphatic hydroxyl groups is 1. The Balaban J connectivity index is 2.14. The third kappa shape index (κ3) is 2.98. The lowest BCUT2D eigenvalue weighted by Gasteiger charge is -2.28. The highest BCUT2D eigenvalue weighted by molar-refractivity contribution is 7.86. The van der Waals surface area contributed by atoms with Crippen LogP contribution in [0.1, 0.15) is 33.1 Å². The summed E-state index contributed by atoms with van der Waals surface area (Å²) >= 11 is 0. The molecule has 0 aromatic carbocycles. The molecule has 0 spiro atoms. The maximum Gasteiger partial charge on any atom is 0.324 e. The molecule has 1 N–H and O–H groups in total. The maximum atomic E-state index is 12.6. The van der Waals surface area contributed by atoms with Gasteiger partial charge in [0.25, 0.3) is 10.2 Å². The summed E-state index contributed by atoms with van der Waals surface area (Å²) in [6, 6.07) is -0.731. The molecule has 0 saturated carbocycles. The zero-order chi connectivity index (χ0) is 15.0. The largest absolute Gasteiger partial charge is 0.465 e. The molecule has 2 rings (SSSR count). The summed E-state index contributed by atoms with van der Waals surface area (Å²) in [6.45, 7) is 4.23. The first-order chi connectivity index (χ1) is 9.28. The summed E-state index contributed by atoms with van der Waals surface area (Å²) in [7, 11) is -3.72. The Morgan fingerprint density at radius 2 is 2.15 bits per heavy atom. The Kier molecular flexibility index (Phi) is 4.38. The fourth-order valence-electron chi connectivity index (χ4n) is 2.74. The molecule has 0 aromatic rings. The first kappa shape index (κ1) is 15.7. The van der Waals surface area contributed by atoms with Crippen LogP contribution in [0, 0.1) is 0 Å². The Morgan fingerprint density at radius 3 is 2.70 bits per heavy atom. The second-order valence-electron chi connectivity index (χ2n) is 5.61. The molecule has 8 heteroatoms. The Morgan fingerprint density at radius 1 is 1.45 bits per heavy atom. The first-order valence-corrected chi connectivity index (χ1v) is 8.33. The molecule has 2 atom stereocenters. The van der Waals surface area contributed by atoms with E-state index in [2.05, 4.69) is 0 Å². The Hall–Kier alpha value is -0.700. The van der Waals surface area contributed by atoms with Crippen molar-refractivity contribution in [3.05, 3.63) is 0 Å². The first-order valence-electron chi connectivity index (χ1n) is 6.94. The van der Waals surface area contributed by atoms with Gasteiger partial charge in [-0.1, -0.05) is 0 Å². The highest BCUT2D eigenvalue weighted by Crippen LogP contribution is 2.29. The van der Waals surface area contributed by atoms with E-state index in [1.807, 2.05) is 0 Å². The number of hydrogen-bond donors (Lipinski definition) is 1. The number of ether oxygens (including phenoxy) is 1. The van der Waals surface area contributed by atoms with Crippen LogP contribution in [-0.4, -0.2) is 66.0 Å². The number of carbonyl (C=O) groups is 1. The van der Waals surface area contributed by atoms with Crippen molar-refractivity contribution in [2.24, 2.45) is 0 Å². The number of hydrogen-bond acceptors (Lipinski definition) is 5. The molecule has 2 heterocycles. The van der Waals surface area contributed by atoms with Gasteiger partial charge in [-0.3, -0.25) is 4.79 Å². The van der Waals surface area contributed by atoms with Crippen molar-refractivity contribution >= 4 is 16.2 Å². The molecule has 2 fully saturated rings. The molecule has 2 aliphatic rings. The summed E-state index contributed by atoms with van der Waals surface area (Å²) in [5.74, 6) is -0.487. The van der Waals surface area contributed by atoms with E-state index in [1.165, 1.54) is 8.61 Å². The predicted molar refractivity (Wildman–Crippen MR) is 72.1 cm³/mol. The van der Waals surface area contributed by atoms with Gasteiger partial charge in [-0.25, -0.2) is 0 Å². The lowest BCUT2D eigenvalue weighted by atomic mass is 10.1. The van der Waals surface area contributed by atoms with Crippen LogP contribution >= 0.6 is 0 Å². The summed E-state index contributed by atoms with van der Waals surface area (Å²) in [5.41, 5.74) is -0.994. The zero-order valence-electron chi connectivity index (χ0n) is 11.9. The topological polar surface area (TPSA) is 87.2 Å². The molecule has 0 aliphatic carbocycles. The molecule has 20 heavy (non-hydrogen) atoms. The predicted octanol–water partition coefficient (Wildman–Crippen LogP) is -0.285. The number of carbonyl (C=O) groups excluding carboxylic acids is 1. The second-order valence-corrected chi connectivity index (χ2v) is 7.49. The van der Waals surface area contributed by atoms with Crippen LogP contribution < -0.4 is 0 Å². The summed E-state index contributed by atoms with van der Waals surface area (Å²) in [6.07, 6.45) is 1.54. The van der Waals surface area contributed by atoms with E-state index in [4.69, 9.17) is 4.74 Å². The summed E-state index contributed by atoms with van der Waals surface area (Å²) in [4.78, 5) is 11.8. The van der Waals surface area contributed by atoms with Gasteiger partial charge in [0.05, 0.1) is 12.2 Å². The van der Waals surface area contributed by atoms with Crippen LogP contribution in [0.15, 0.2) is 0 Å². The van der Waals surface area contributed by atoms with Gasteiger partial charge in [-0.05, 0) is 33.1 Å². The van der Waals surface area contributed by atoms with Crippen LogP contribution in [0.4, 0.5) is 0 Å². The third-order valence-electron chi connectivity index (χ3n) is 3.80. The number of β-amino-alcohol motifs (C(OH)–C–C–N with tert-alkyl or cyclic N) is 1. The third-order valence-corrected chi connectivity index (χ3v) is 5.80. The van der Waals surface area contributed by atoms with Crippen LogP contribution in [0.25, 0.3) is 0 Å². The maximum absolute atomic E-state index is 12.6. The number of nitrogens with zero attached hydrogens (tertiary/aromatic N) is 2. The van der Waals surface area contributed by atoms with Gasteiger partial charge in [-0.15, -0.1) is 0 Å². The van der Waals surface area contributed by atoms with Crippen molar-refractivity contribution in [3.63, 3.8) is 0 Å². The SMILES string of the molecule is CCOC(=O)C1CCCN1S(=O)(=O)N1CCC(C)(O)C1. The van der Waals surface area contributed by atoms with Crippen molar-refractivity contribution in [3.8, 4) is 0 Å². The molecular weight excluding hydrogens is 284 g/mol. The van der Waals surface area contributed by atoms with E-state index < -0.39 is 27.8 Å². The van der Waals surface area contributed by atoms with Crippen molar-refractivity contribution < 1.29 is 23.1 Å². The minimum Gasteiger partial charge on any atom is -0.465 e. The van der Waals surface area contributed by atoms with Gasteiger partial charge in [0.1, 0.15) is 6.04 Å². The molecule has 0 amide bonds. The molecule has 0 aromatic heterocycles. The molecule has 0 bridgehead atoms. The van der Waals surface area contributed by atoms with E-state index >= 15 is 0 Å². The van der Waals surface area contributed by atoms with Crippen LogP contribution in [0.2, 0.25) is 0 Å². The van der Waals surface area contributed by atoms with E-state index in [-0.39, 0.29) is 19.7 Å². The summed E-state index contributed by atoms with van der Waals surface area (Å²) < 4.78 is 32.6. The normalized spacial score (nSPS) is 32.6. The van der Waals surface area contributed by atoms with E-state index in [0.717, 1.165) is 0 Å². The van der Waals surface area contributed by atoms with Gasteiger partial charge >= 0.3 is 5.97 Å². The van der Waals surface area contributed by atoms with Gasteiger partial charge < -0.3 is 9.84 Å². The molecule has 2 aliphatic heterocycles. The molecule has 7 nitrogen and oxygen atoms in total. The summed E-state index contributed by atoms with van der Waals surface area (Å²) in [5, 5.41) is 9.91. The lowest BCUT2D eigenvalue weighted by Crippen LogP contribution is -2.49. The van der Waals surface area contributed by atoms with Gasteiger partial charge in [0.15, 0.2) is 0 Å². The molecule has 116 valence electrons. The lowest BCUT2D eigenvalue weighted by molar-refractivity contribution is -0.146. The molecular formula is C12H22N2O5S. The monoisotopic (exact) mass is 306 g/mol. The minimum atomic E-state index is -3.72. The molecule has 2 unspecified atom stereocenters. The zero-order valence-corrected chi connectivity index (χ0v) is 12.7. The fourth-order valence-corrected chi connectivity index (χ4v) is 4.67. The number of rotatable bonds is 4. The van der Waals surface area contributed by atoms with Crippen LogP contribution in [0.5, 0.6) is 0 Å². The van der Waals surface area contributed by atoms with Gasteiger partial charge in [-0.2, -0.15) is 17.0 Å². The molecule has 0 radical (unpaired) electrons. The Bertz CT molecular complexity index is 476. The smallest absolute Gasteiger partial charge is 0.324 e. The van der Waals surface area contributed by atoms with Crippen molar-refractivity contribution in [2.75, 3.05) is 26.2 Å². The average molecular weight is 306 g/mol. The highest BCUT2D eigenvalue weighted by Gasteiger charge is 2.46. The van der Waals surface area contributed by atoms with E-state index in [0.29, 0.717) is 25.8 Å². The van der Waals surface area contributed by atoms with Crippen molar-refractivity contribution in [2.45, 2.75) is 44.8 Å². The highest BCUT2D eigenvalue weighted by atomic mass is 32.2. The van der Waals surface area contributed by atoms with Crippen molar-refractivity contribution in [1.82, 2.24) is 8.61 Å². The quantitative estimate of drug-likeness (QED) is 0.722. The van der Waals surface area contributed by atoms with E-state index in [9.17, 15) is 18.3 Å². The van der Waals surface area contributed by atoms with Crippen LogP contribution in [-0.2, 0) is 19.7 Å². The Labute approximate surface area is 119 Å². The van der Waals surface area contributed by atoms with Gasteiger partial charge in [0.2, 0.25) is 0 Å². The van der Waals surface area contributed by atoms with Gasteiger partial charge in [0, 0.05) is 19.6 Å². The van der Waals surface area contributed by atoms with Crippen molar-refractivity contribution in [1.29, 1.82) is 0 Å². The number of esters is 1. The molecule has 2 saturated heterocycles. The fraction of sp³-hybridized carbons (Fsp3) is 0.917. The minimum absolute atomic E-state index is 0.0708. The second kappa shape index (κ2) is 5.59. The standard InChI is InChI=1S/C12H22N2O5S/c1-3-19-11(15)10-5-4-7-14(10)20(17,18)13-8-6-12(2,16)9-13/h10,16H,3-9H2,1-2H3. The average Bonchev–Trinajstić information content (AvgIpc) is 2.95. The van der Waals surface area contributed by atoms with E-state index in [1.54, 1.807) is 13.8 Å².